The molecular weight excluding hydrogens is 296 g/mol. The number of hydrogen-bond acceptors (Lipinski definition) is 5. The molecule has 1 aromatic carbocycles. The third-order valence-electron chi connectivity index (χ3n) is 3.08. The average molecular weight is 324 g/mol. The number of aliphatic hydroxyl groups excluding tert-OH is 1. The molecule has 0 fully saturated rings. The molecule has 2 atom stereocenters. The van der Waals surface area contributed by atoms with Gasteiger partial charge >= 0.3 is 6.09 Å². The Kier molecular flexibility index (Phi) is 7.32. The van der Waals surface area contributed by atoms with E-state index in [1.807, 2.05) is 6.92 Å². The molecule has 0 radical (unpaired) electrons. The van der Waals surface area contributed by atoms with Crippen LogP contribution in [0.1, 0.15) is 45.8 Å². The topological polar surface area (TPSA) is 93.8 Å². The van der Waals surface area contributed by atoms with Crippen LogP contribution in [0.2, 0.25) is 0 Å². The first-order chi connectivity index (χ1) is 10.7. The molecule has 0 aliphatic carbocycles. The summed E-state index contributed by atoms with van der Waals surface area (Å²) in [4.78, 5) is 11.5. The second-order valence-corrected chi connectivity index (χ2v) is 6.33. The van der Waals surface area contributed by atoms with E-state index in [2.05, 4.69) is 5.32 Å². The first kappa shape index (κ1) is 19.3. The van der Waals surface area contributed by atoms with Crippen molar-refractivity contribution in [2.24, 2.45) is 5.73 Å². The average Bonchev–Trinajstić information content (AvgIpc) is 2.45. The normalized spacial score (nSPS) is 14.0. The second-order valence-electron chi connectivity index (χ2n) is 6.33. The predicted octanol–water partition coefficient (Wildman–Crippen LogP) is 2.36. The molecule has 1 aromatic rings. The minimum atomic E-state index is -0.800. The SMILES string of the molecule is CCOc1ccc(C(O)C(N)CCNC(=O)OC(C)(C)C)cc1. The predicted molar refractivity (Wildman–Crippen MR) is 89.4 cm³/mol. The molecule has 4 N–H and O–H groups in total. The van der Waals surface area contributed by atoms with Crippen LogP contribution < -0.4 is 15.8 Å². The number of alkyl carbamates (subject to hydrolysis) is 1. The van der Waals surface area contributed by atoms with Crippen LogP contribution >= 0.6 is 0 Å². The van der Waals surface area contributed by atoms with Crippen molar-refractivity contribution in [3.8, 4) is 5.75 Å². The van der Waals surface area contributed by atoms with Gasteiger partial charge in [-0.2, -0.15) is 0 Å². The lowest BCUT2D eigenvalue weighted by Gasteiger charge is -2.22. The Morgan fingerprint density at radius 3 is 2.43 bits per heavy atom. The first-order valence-corrected chi connectivity index (χ1v) is 7.86. The molecule has 2 unspecified atom stereocenters. The molecule has 1 amide bonds. The first-order valence-electron chi connectivity index (χ1n) is 7.86. The summed E-state index contributed by atoms with van der Waals surface area (Å²) in [6, 6.07) is 6.69. The van der Waals surface area contributed by atoms with Gasteiger partial charge in [-0.25, -0.2) is 4.79 Å². The number of amides is 1. The van der Waals surface area contributed by atoms with Gasteiger partial charge in [0.25, 0.3) is 0 Å². The number of benzene rings is 1. The molecule has 0 spiro atoms. The maximum absolute atomic E-state index is 11.5. The van der Waals surface area contributed by atoms with E-state index < -0.39 is 23.8 Å². The Morgan fingerprint density at radius 1 is 1.30 bits per heavy atom. The summed E-state index contributed by atoms with van der Waals surface area (Å²) < 4.78 is 10.5. The Balaban J connectivity index is 2.41. The van der Waals surface area contributed by atoms with Gasteiger partial charge in [-0.05, 0) is 51.8 Å². The van der Waals surface area contributed by atoms with Crippen LogP contribution in [0.4, 0.5) is 4.79 Å². The highest BCUT2D eigenvalue weighted by Crippen LogP contribution is 2.20. The fourth-order valence-electron chi connectivity index (χ4n) is 1.99. The van der Waals surface area contributed by atoms with Crippen molar-refractivity contribution in [2.75, 3.05) is 13.2 Å². The Bertz CT molecular complexity index is 482. The summed E-state index contributed by atoms with van der Waals surface area (Å²) >= 11 is 0. The summed E-state index contributed by atoms with van der Waals surface area (Å²) in [6.07, 6.45) is -0.848. The molecule has 6 heteroatoms. The van der Waals surface area contributed by atoms with E-state index in [-0.39, 0.29) is 0 Å². The highest BCUT2D eigenvalue weighted by atomic mass is 16.6. The van der Waals surface area contributed by atoms with Crippen molar-refractivity contribution in [1.82, 2.24) is 5.32 Å². The second kappa shape index (κ2) is 8.74. The van der Waals surface area contributed by atoms with Crippen LogP contribution in [0.25, 0.3) is 0 Å². The highest BCUT2D eigenvalue weighted by molar-refractivity contribution is 5.67. The number of carbonyl (C=O) groups excluding carboxylic acids is 1. The lowest BCUT2D eigenvalue weighted by molar-refractivity contribution is 0.0521. The van der Waals surface area contributed by atoms with Gasteiger partial charge in [0, 0.05) is 12.6 Å². The fraction of sp³-hybridized carbons (Fsp3) is 0.588. The highest BCUT2D eigenvalue weighted by Gasteiger charge is 2.19. The maximum Gasteiger partial charge on any atom is 0.407 e. The smallest absolute Gasteiger partial charge is 0.407 e. The summed E-state index contributed by atoms with van der Waals surface area (Å²) in [6.45, 7) is 8.24. The van der Waals surface area contributed by atoms with Crippen molar-refractivity contribution >= 4 is 6.09 Å². The molecule has 0 aliphatic heterocycles. The molecule has 23 heavy (non-hydrogen) atoms. The fourth-order valence-corrected chi connectivity index (χ4v) is 1.99. The van der Waals surface area contributed by atoms with Crippen molar-refractivity contribution < 1.29 is 19.4 Å². The van der Waals surface area contributed by atoms with Crippen molar-refractivity contribution in [3.63, 3.8) is 0 Å². The quantitative estimate of drug-likeness (QED) is 0.716. The van der Waals surface area contributed by atoms with Crippen LogP contribution in [0.3, 0.4) is 0 Å². The number of rotatable bonds is 7. The summed E-state index contributed by atoms with van der Waals surface area (Å²) in [7, 11) is 0. The summed E-state index contributed by atoms with van der Waals surface area (Å²) in [5.74, 6) is 0.753. The van der Waals surface area contributed by atoms with Gasteiger partial charge in [0.1, 0.15) is 11.4 Å². The molecule has 0 bridgehead atoms. The number of nitrogens with one attached hydrogen (secondary N) is 1. The van der Waals surface area contributed by atoms with Gasteiger partial charge in [0.2, 0.25) is 0 Å². The van der Waals surface area contributed by atoms with Crippen LogP contribution in [-0.2, 0) is 4.74 Å². The minimum absolute atomic E-state index is 0.337. The number of nitrogens with two attached hydrogens (primary N) is 1. The maximum atomic E-state index is 11.5. The molecule has 0 heterocycles. The summed E-state index contributed by atoms with van der Waals surface area (Å²) in [5, 5.41) is 12.9. The van der Waals surface area contributed by atoms with Crippen LogP contribution in [0.5, 0.6) is 5.75 Å². The zero-order valence-corrected chi connectivity index (χ0v) is 14.3. The van der Waals surface area contributed by atoms with Gasteiger partial charge in [-0.3, -0.25) is 0 Å². The standard InChI is InChI=1S/C17H28N2O4/c1-5-22-13-8-6-12(7-9-13)15(20)14(18)10-11-19-16(21)23-17(2,3)4/h6-9,14-15,20H,5,10-11,18H2,1-4H3,(H,19,21). The van der Waals surface area contributed by atoms with Crippen LogP contribution in [0, 0.1) is 0 Å². The van der Waals surface area contributed by atoms with Gasteiger partial charge in [0.05, 0.1) is 12.7 Å². The Morgan fingerprint density at radius 2 is 1.91 bits per heavy atom. The zero-order chi connectivity index (χ0) is 17.5. The lowest BCUT2D eigenvalue weighted by Crippen LogP contribution is -2.37. The monoisotopic (exact) mass is 324 g/mol. The van der Waals surface area contributed by atoms with E-state index in [0.29, 0.717) is 19.6 Å². The van der Waals surface area contributed by atoms with Gasteiger partial charge in [-0.1, -0.05) is 12.1 Å². The molecule has 1 rings (SSSR count). The van der Waals surface area contributed by atoms with E-state index in [1.165, 1.54) is 0 Å². The van der Waals surface area contributed by atoms with Gasteiger partial charge in [0.15, 0.2) is 0 Å². The molecular formula is C17H28N2O4. The number of ether oxygens (including phenoxy) is 2. The molecule has 0 aromatic heterocycles. The van der Waals surface area contributed by atoms with Crippen LogP contribution in [-0.4, -0.2) is 36.0 Å². The van der Waals surface area contributed by atoms with Crippen LogP contribution in [0.15, 0.2) is 24.3 Å². The Hall–Kier alpha value is -1.79. The van der Waals surface area contributed by atoms with E-state index >= 15 is 0 Å². The summed E-state index contributed by atoms with van der Waals surface area (Å²) in [5.41, 5.74) is 6.17. The van der Waals surface area contributed by atoms with Gasteiger partial charge in [-0.15, -0.1) is 0 Å². The minimum Gasteiger partial charge on any atom is -0.494 e. The molecule has 0 saturated carbocycles. The van der Waals surface area contributed by atoms with E-state index in [4.69, 9.17) is 15.2 Å². The van der Waals surface area contributed by atoms with Crippen molar-refractivity contribution in [1.29, 1.82) is 0 Å². The van der Waals surface area contributed by atoms with E-state index in [1.54, 1.807) is 45.0 Å². The van der Waals surface area contributed by atoms with Gasteiger partial charge < -0.3 is 25.6 Å². The number of aliphatic hydroxyl groups is 1. The number of hydrogen-bond donors (Lipinski definition) is 3. The molecule has 0 aliphatic rings. The molecule has 130 valence electrons. The zero-order valence-electron chi connectivity index (χ0n) is 14.3. The van der Waals surface area contributed by atoms with E-state index in [9.17, 15) is 9.90 Å². The van der Waals surface area contributed by atoms with Crippen molar-refractivity contribution in [3.05, 3.63) is 29.8 Å². The van der Waals surface area contributed by atoms with Crippen molar-refractivity contribution in [2.45, 2.75) is 51.9 Å². The third kappa shape index (κ3) is 7.34. The Labute approximate surface area is 138 Å². The van der Waals surface area contributed by atoms with E-state index in [0.717, 1.165) is 11.3 Å². The third-order valence-corrected chi connectivity index (χ3v) is 3.08. The molecule has 0 saturated heterocycles. The number of carbonyl (C=O) groups is 1. The molecule has 6 nitrogen and oxygen atoms in total. The largest absolute Gasteiger partial charge is 0.494 e. The lowest BCUT2D eigenvalue weighted by atomic mass is 10.0.